The molecule has 1 aromatic rings. The number of carbonyl (C=O) groups is 2. The number of thioether (sulfide) groups is 1. The van der Waals surface area contributed by atoms with Gasteiger partial charge in [-0.2, -0.15) is 0 Å². The first-order valence-corrected chi connectivity index (χ1v) is 14.2. The summed E-state index contributed by atoms with van der Waals surface area (Å²) in [7, 11) is -4.01. The fourth-order valence-corrected chi connectivity index (χ4v) is 5.50. The van der Waals surface area contributed by atoms with E-state index in [1.807, 2.05) is 0 Å². The lowest BCUT2D eigenvalue weighted by atomic mass is 10.00. The van der Waals surface area contributed by atoms with Crippen LogP contribution in [0.4, 0.5) is 0 Å². The molecule has 1 aliphatic rings. The molecule has 4 atom stereocenters. The van der Waals surface area contributed by atoms with E-state index in [-0.39, 0.29) is 30.2 Å². The molecule has 2 N–H and O–H groups in total. The third kappa shape index (κ3) is 9.60. The second-order valence-corrected chi connectivity index (χ2v) is 12.5. The predicted molar refractivity (Wildman–Crippen MR) is 135 cm³/mol. The van der Waals surface area contributed by atoms with E-state index in [1.165, 1.54) is 23.8 Å². The second kappa shape index (κ2) is 13.2. The van der Waals surface area contributed by atoms with Gasteiger partial charge in [-0.1, -0.05) is 32.5 Å². The van der Waals surface area contributed by atoms with Gasteiger partial charge in [0.2, 0.25) is 0 Å². The molecule has 1 fully saturated rings. The van der Waals surface area contributed by atoms with Crippen molar-refractivity contribution in [2.75, 3.05) is 19.0 Å². The molecule has 0 saturated carbocycles. The highest BCUT2D eigenvalue weighted by molar-refractivity contribution is 8.13. The zero-order valence-electron chi connectivity index (χ0n) is 21.5. The summed E-state index contributed by atoms with van der Waals surface area (Å²) in [5.74, 6) is -0.378. The van der Waals surface area contributed by atoms with E-state index in [1.54, 1.807) is 34.6 Å². The maximum absolute atomic E-state index is 13.4. The van der Waals surface area contributed by atoms with Crippen LogP contribution in [0.5, 0.6) is 0 Å². The molecule has 0 aliphatic carbocycles. The van der Waals surface area contributed by atoms with E-state index >= 15 is 0 Å². The number of nitrogens with one attached hydrogen (secondary N) is 2. The Morgan fingerprint density at radius 3 is 2.56 bits per heavy atom. The largest absolute Gasteiger partial charge is 0.462 e. The van der Waals surface area contributed by atoms with Crippen LogP contribution in [0, 0.1) is 5.41 Å². The number of H-pyrrole nitrogens is 1. The SMILES string of the molecule is CC(C)OC(=O)C(C)NP(=O)(OCCSC(=O)C(C)(C)C)OCC1CCC(n2ccc(=O)[nH]c2=O)O1. The van der Waals surface area contributed by atoms with Crippen molar-refractivity contribution in [3.8, 4) is 0 Å². The quantitative estimate of drug-likeness (QED) is 0.224. The third-order valence-corrected chi connectivity index (χ3v) is 7.88. The van der Waals surface area contributed by atoms with Gasteiger partial charge < -0.3 is 9.47 Å². The fourth-order valence-electron chi connectivity index (χ4n) is 3.09. The van der Waals surface area contributed by atoms with Crippen LogP contribution < -0.4 is 16.3 Å². The Morgan fingerprint density at radius 2 is 1.94 bits per heavy atom. The molecule has 0 radical (unpaired) electrons. The summed E-state index contributed by atoms with van der Waals surface area (Å²) in [6, 6.07) is 0.236. The van der Waals surface area contributed by atoms with Crippen molar-refractivity contribution in [3.05, 3.63) is 33.1 Å². The standard InChI is InChI=1S/C22H36N3O9PS/c1-14(2)33-19(27)15(3)24-35(30,31-11-12-36-20(28)22(4,5)6)32-13-16-7-8-18(34-16)25-10-9-17(26)23-21(25)29/h9-10,14-16,18H,7-8,11-13H2,1-6H3,(H,24,30)(H,23,26,29). The topological polar surface area (TPSA) is 155 Å². The van der Waals surface area contributed by atoms with Crippen LogP contribution in [0.2, 0.25) is 0 Å². The highest BCUT2D eigenvalue weighted by Gasteiger charge is 2.34. The molecule has 14 heteroatoms. The van der Waals surface area contributed by atoms with Crippen LogP contribution in [0.1, 0.15) is 60.6 Å². The molecule has 0 spiro atoms. The molecule has 204 valence electrons. The van der Waals surface area contributed by atoms with Gasteiger partial charge in [0.1, 0.15) is 12.3 Å². The zero-order chi connectivity index (χ0) is 27.1. The smallest absolute Gasteiger partial charge is 0.406 e. The normalized spacial score (nSPS) is 20.8. The third-order valence-electron chi connectivity index (χ3n) is 4.92. The molecule has 12 nitrogen and oxygen atoms in total. The minimum absolute atomic E-state index is 0.0356. The highest BCUT2D eigenvalue weighted by atomic mass is 32.2. The highest BCUT2D eigenvalue weighted by Crippen LogP contribution is 2.45. The van der Waals surface area contributed by atoms with Gasteiger partial charge in [0.25, 0.3) is 5.56 Å². The zero-order valence-corrected chi connectivity index (χ0v) is 23.2. The van der Waals surface area contributed by atoms with Crippen molar-refractivity contribution < 1.29 is 32.7 Å². The van der Waals surface area contributed by atoms with Gasteiger partial charge in [0, 0.05) is 23.4 Å². The maximum Gasteiger partial charge on any atom is 0.406 e. The van der Waals surface area contributed by atoms with Gasteiger partial charge in [-0.05, 0) is 33.6 Å². The van der Waals surface area contributed by atoms with Crippen molar-refractivity contribution in [2.45, 2.75) is 78.9 Å². The van der Waals surface area contributed by atoms with E-state index in [9.17, 15) is 23.7 Å². The van der Waals surface area contributed by atoms with Crippen LogP contribution >= 0.6 is 19.5 Å². The minimum Gasteiger partial charge on any atom is -0.462 e. The number of rotatable bonds is 12. The molecule has 2 rings (SSSR count). The number of ether oxygens (including phenoxy) is 2. The Balaban J connectivity index is 2.00. The van der Waals surface area contributed by atoms with Crippen molar-refractivity contribution in [3.63, 3.8) is 0 Å². The van der Waals surface area contributed by atoms with Crippen LogP contribution in [-0.4, -0.2) is 57.9 Å². The first-order valence-electron chi connectivity index (χ1n) is 11.7. The minimum atomic E-state index is -4.01. The second-order valence-electron chi connectivity index (χ2n) is 9.66. The number of nitrogens with zero attached hydrogens (tertiary/aromatic N) is 1. The predicted octanol–water partition coefficient (Wildman–Crippen LogP) is 2.59. The average Bonchev–Trinajstić information content (AvgIpc) is 3.23. The number of aromatic nitrogens is 2. The molecular weight excluding hydrogens is 513 g/mol. The van der Waals surface area contributed by atoms with Crippen LogP contribution in [0.15, 0.2) is 21.9 Å². The fraction of sp³-hybridized carbons (Fsp3) is 0.727. The van der Waals surface area contributed by atoms with Crippen molar-refractivity contribution >= 4 is 30.6 Å². The number of hydrogen-bond acceptors (Lipinski definition) is 10. The molecule has 1 aromatic heterocycles. The monoisotopic (exact) mass is 549 g/mol. The van der Waals surface area contributed by atoms with E-state index in [0.29, 0.717) is 12.8 Å². The molecule has 36 heavy (non-hydrogen) atoms. The van der Waals surface area contributed by atoms with Crippen LogP contribution in [0.25, 0.3) is 0 Å². The molecule has 4 unspecified atom stereocenters. The summed E-state index contributed by atoms with van der Waals surface area (Å²) in [4.78, 5) is 49.8. The lowest BCUT2D eigenvalue weighted by Gasteiger charge is -2.24. The van der Waals surface area contributed by atoms with Crippen LogP contribution in [0.3, 0.4) is 0 Å². The molecule has 0 bridgehead atoms. The Labute approximate surface area is 214 Å². The summed E-state index contributed by atoms with van der Waals surface area (Å²) < 4.78 is 36.8. The molecule has 0 aromatic carbocycles. The molecule has 1 saturated heterocycles. The average molecular weight is 550 g/mol. The van der Waals surface area contributed by atoms with E-state index in [2.05, 4.69) is 10.1 Å². The summed E-state index contributed by atoms with van der Waals surface area (Å²) in [5.41, 5.74) is -1.63. The Kier molecular flexibility index (Phi) is 11.1. The van der Waals surface area contributed by atoms with Crippen molar-refractivity contribution in [1.82, 2.24) is 14.6 Å². The van der Waals surface area contributed by atoms with Crippen molar-refractivity contribution in [1.29, 1.82) is 0 Å². The van der Waals surface area contributed by atoms with Gasteiger partial charge in [-0.25, -0.2) is 14.4 Å². The number of hydrogen-bond donors (Lipinski definition) is 2. The lowest BCUT2D eigenvalue weighted by Crippen LogP contribution is -2.36. The van der Waals surface area contributed by atoms with E-state index < -0.39 is 48.8 Å². The number of carbonyl (C=O) groups excluding carboxylic acids is 2. The first-order chi connectivity index (χ1) is 16.7. The summed E-state index contributed by atoms with van der Waals surface area (Å²) >= 11 is 1.06. The first kappa shape index (κ1) is 30.5. The molecule has 1 aliphatic heterocycles. The van der Waals surface area contributed by atoms with Gasteiger partial charge in [0.05, 0.1) is 25.4 Å². The maximum atomic E-state index is 13.4. The molecule has 0 amide bonds. The van der Waals surface area contributed by atoms with E-state index in [0.717, 1.165) is 11.8 Å². The summed E-state index contributed by atoms with van der Waals surface area (Å²) in [6.07, 6.45) is 0.836. The Bertz CT molecular complexity index is 1070. The molecular formula is C22H36N3O9PS. The molecule has 2 heterocycles. The van der Waals surface area contributed by atoms with Gasteiger partial charge in [-0.15, -0.1) is 0 Å². The van der Waals surface area contributed by atoms with E-state index in [4.69, 9.17) is 18.5 Å². The van der Waals surface area contributed by atoms with Gasteiger partial charge >= 0.3 is 19.4 Å². The van der Waals surface area contributed by atoms with Crippen molar-refractivity contribution in [2.24, 2.45) is 5.41 Å². The summed E-state index contributed by atoms with van der Waals surface area (Å²) in [5, 5.41) is 2.56. The Morgan fingerprint density at radius 1 is 1.25 bits per heavy atom. The van der Waals surface area contributed by atoms with Gasteiger partial charge in [-0.3, -0.25) is 33.0 Å². The van der Waals surface area contributed by atoms with Crippen LogP contribution in [-0.2, 0) is 32.7 Å². The lowest BCUT2D eigenvalue weighted by molar-refractivity contribution is -0.149. The Hall–Kier alpha value is -1.76. The van der Waals surface area contributed by atoms with Gasteiger partial charge in [0.15, 0.2) is 5.12 Å². The summed E-state index contributed by atoms with van der Waals surface area (Å²) in [6.45, 7) is 10.1. The number of aromatic amines is 1. The number of esters is 1.